The van der Waals surface area contributed by atoms with Crippen LogP contribution in [0.25, 0.3) is 0 Å². The molecule has 0 N–H and O–H groups in total. The van der Waals surface area contributed by atoms with Gasteiger partial charge in [0, 0.05) is 24.5 Å². The molecular formula is C19H24N2O2S. The molecule has 2 heterocycles. The summed E-state index contributed by atoms with van der Waals surface area (Å²) in [6.07, 6.45) is 5.56. The number of nitrogens with zero attached hydrogens (tertiary/aromatic N) is 2. The maximum absolute atomic E-state index is 5.96. The number of para-hydroxylation sites is 1. The van der Waals surface area contributed by atoms with Gasteiger partial charge in [-0.3, -0.25) is 4.90 Å². The number of rotatable bonds is 5. The van der Waals surface area contributed by atoms with Gasteiger partial charge >= 0.3 is 0 Å². The smallest absolute Gasteiger partial charge is 0.140 e. The fourth-order valence-electron chi connectivity index (χ4n) is 3.73. The van der Waals surface area contributed by atoms with Gasteiger partial charge in [-0.25, -0.2) is 4.98 Å². The highest BCUT2D eigenvalue weighted by molar-refractivity contribution is 7.09. The Balaban J connectivity index is 1.34. The predicted octanol–water partition coefficient (Wildman–Crippen LogP) is 3.87. The van der Waals surface area contributed by atoms with E-state index in [-0.39, 0.29) is 0 Å². The van der Waals surface area contributed by atoms with E-state index >= 15 is 0 Å². The Morgan fingerprint density at radius 1 is 1.21 bits per heavy atom. The van der Waals surface area contributed by atoms with Crippen molar-refractivity contribution in [2.75, 3.05) is 13.2 Å². The van der Waals surface area contributed by atoms with E-state index < -0.39 is 0 Å². The second kappa shape index (κ2) is 7.64. The third-order valence-corrected chi connectivity index (χ3v) is 5.79. The predicted molar refractivity (Wildman–Crippen MR) is 95.3 cm³/mol. The van der Waals surface area contributed by atoms with Crippen molar-refractivity contribution in [3.8, 4) is 5.75 Å². The number of thiazole rings is 1. The van der Waals surface area contributed by atoms with Crippen LogP contribution in [-0.4, -0.2) is 35.2 Å². The van der Waals surface area contributed by atoms with E-state index in [2.05, 4.69) is 10.3 Å². The summed E-state index contributed by atoms with van der Waals surface area (Å²) < 4.78 is 11.8. The summed E-state index contributed by atoms with van der Waals surface area (Å²) in [6.45, 7) is 3.36. The zero-order valence-corrected chi connectivity index (χ0v) is 14.7. The van der Waals surface area contributed by atoms with Gasteiger partial charge in [0.15, 0.2) is 0 Å². The van der Waals surface area contributed by atoms with Crippen molar-refractivity contribution in [2.24, 2.45) is 0 Å². The van der Waals surface area contributed by atoms with E-state index in [4.69, 9.17) is 14.5 Å². The van der Waals surface area contributed by atoms with Crippen molar-refractivity contribution < 1.29 is 9.47 Å². The first-order valence-electron chi connectivity index (χ1n) is 8.85. The molecule has 128 valence electrons. The molecule has 4 rings (SSSR count). The monoisotopic (exact) mass is 344 g/mol. The summed E-state index contributed by atoms with van der Waals surface area (Å²) in [5.41, 5.74) is 1.16. The molecule has 1 saturated carbocycles. The molecule has 0 radical (unpaired) electrons. The van der Waals surface area contributed by atoms with Crippen LogP contribution in [-0.2, 0) is 17.9 Å². The molecule has 0 amide bonds. The minimum absolute atomic E-state index is 0.437. The van der Waals surface area contributed by atoms with Gasteiger partial charge in [-0.2, -0.15) is 0 Å². The van der Waals surface area contributed by atoms with E-state index in [1.54, 1.807) is 11.3 Å². The lowest BCUT2D eigenvalue weighted by molar-refractivity contribution is -0.0914. The molecule has 1 aliphatic heterocycles. The van der Waals surface area contributed by atoms with Crippen LogP contribution in [0.1, 0.15) is 36.4 Å². The minimum Gasteiger partial charge on any atom is -0.486 e. The van der Waals surface area contributed by atoms with Gasteiger partial charge < -0.3 is 9.47 Å². The van der Waals surface area contributed by atoms with Crippen molar-refractivity contribution in [3.63, 3.8) is 0 Å². The quantitative estimate of drug-likeness (QED) is 0.825. The van der Waals surface area contributed by atoms with Gasteiger partial charge in [-0.15, -0.1) is 11.3 Å². The van der Waals surface area contributed by atoms with Crippen molar-refractivity contribution in [1.29, 1.82) is 0 Å². The van der Waals surface area contributed by atoms with Crippen LogP contribution in [0.4, 0.5) is 0 Å². The number of aromatic nitrogens is 1. The lowest BCUT2D eigenvalue weighted by atomic mass is 9.90. The van der Waals surface area contributed by atoms with Gasteiger partial charge in [0.2, 0.25) is 0 Å². The van der Waals surface area contributed by atoms with Gasteiger partial charge in [0.1, 0.15) is 17.4 Å². The number of ether oxygens (including phenoxy) is 2. The van der Waals surface area contributed by atoms with Gasteiger partial charge in [0.25, 0.3) is 0 Å². The van der Waals surface area contributed by atoms with Crippen LogP contribution < -0.4 is 4.74 Å². The highest BCUT2D eigenvalue weighted by Crippen LogP contribution is 2.29. The molecule has 4 nitrogen and oxygen atoms in total. The standard InChI is InChI=1S/C19H24N2O2S/c1-2-6-16(7-3-1)23-13-19-20-15(14-24-19)12-21-10-11-22-18-9-5-4-8-17(18)21/h1-3,6-7,14,17-18H,4-5,8-13H2/t17-,18-/m1/s1. The molecule has 1 aliphatic carbocycles. The number of benzene rings is 1. The molecule has 1 aromatic heterocycles. The molecule has 5 heteroatoms. The number of hydrogen-bond acceptors (Lipinski definition) is 5. The fourth-order valence-corrected chi connectivity index (χ4v) is 4.43. The first-order chi connectivity index (χ1) is 11.9. The Kier molecular flexibility index (Phi) is 5.11. The molecule has 1 saturated heterocycles. The summed E-state index contributed by atoms with van der Waals surface area (Å²) in [4.78, 5) is 7.34. The van der Waals surface area contributed by atoms with Crippen LogP contribution in [0, 0.1) is 0 Å². The Morgan fingerprint density at radius 3 is 3.00 bits per heavy atom. The fraction of sp³-hybridized carbons (Fsp3) is 0.526. The summed E-state index contributed by atoms with van der Waals surface area (Å²) in [5.74, 6) is 0.896. The topological polar surface area (TPSA) is 34.6 Å². The Hall–Kier alpha value is -1.43. The molecule has 2 aromatic rings. The van der Waals surface area contributed by atoms with Crippen LogP contribution in [0.2, 0.25) is 0 Å². The third-order valence-electron chi connectivity index (χ3n) is 4.92. The van der Waals surface area contributed by atoms with E-state index in [0.717, 1.165) is 36.1 Å². The molecule has 24 heavy (non-hydrogen) atoms. The van der Waals surface area contributed by atoms with Crippen molar-refractivity contribution >= 4 is 11.3 Å². The number of hydrogen-bond donors (Lipinski definition) is 0. The van der Waals surface area contributed by atoms with Crippen molar-refractivity contribution in [2.45, 2.75) is 51.0 Å². The van der Waals surface area contributed by atoms with Gasteiger partial charge in [0.05, 0.1) is 18.4 Å². The first-order valence-corrected chi connectivity index (χ1v) is 9.73. The normalized spacial score (nSPS) is 24.5. The summed E-state index contributed by atoms with van der Waals surface area (Å²) in [5, 5.41) is 3.22. The molecule has 0 unspecified atom stereocenters. The molecule has 2 fully saturated rings. The zero-order valence-electron chi connectivity index (χ0n) is 13.9. The second-order valence-electron chi connectivity index (χ2n) is 6.57. The maximum atomic E-state index is 5.96. The first kappa shape index (κ1) is 16.1. The molecule has 0 bridgehead atoms. The molecule has 0 spiro atoms. The Morgan fingerprint density at radius 2 is 2.08 bits per heavy atom. The Bertz CT molecular complexity index is 644. The average Bonchev–Trinajstić information content (AvgIpc) is 3.09. The maximum Gasteiger partial charge on any atom is 0.140 e. The molecule has 1 aromatic carbocycles. The summed E-state index contributed by atoms with van der Waals surface area (Å²) in [7, 11) is 0. The zero-order chi connectivity index (χ0) is 16.2. The average molecular weight is 344 g/mol. The van der Waals surface area contributed by atoms with E-state index in [1.807, 2.05) is 30.3 Å². The SMILES string of the molecule is c1ccc(OCc2nc(CN3CCO[C@@H]4CCCC[C@H]43)cs2)cc1. The summed E-state index contributed by atoms with van der Waals surface area (Å²) in [6, 6.07) is 10.5. The molecular weight excluding hydrogens is 320 g/mol. The second-order valence-corrected chi connectivity index (χ2v) is 7.51. The van der Waals surface area contributed by atoms with E-state index in [9.17, 15) is 0 Å². The highest BCUT2D eigenvalue weighted by atomic mass is 32.1. The van der Waals surface area contributed by atoms with Crippen LogP contribution in [0.15, 0.2) is 35.7 Å². The van der Waals surface area contributed by atoms with Crippen molar-refractivity contribution in [1.82, 2.24) is 9.88 Å². The minimum atomic E-state index is 0.437. The van der Waals surface area contributed by atoms with E-state index in [0.29, 0.717) is 18.8 Å². The molecule has 2 atom stereocenters. The highest BCUT2D eigenvalue weighted by Gasteiger charge is 2.34. The largest absolute Gasteiger partial charge is 0.486 e. The van der Waals surface area contributed by atoms with Crippen molar-refractivity contribution in [3.05, 3.63) is 46.4 Å². The van der Waals surface area contributed by atoms with Crippen LogP contribution in [0.3, 0.4) is 0 Å². The lowest BCUT2D eigenvalue weighted by Crippen LogP contribution is -2.52. The summed E-state index contributed by atoms with van der Waals surface area (Å²) >= 11 is 1.69. The third kappa shape index (κ3) is 3.79. The van der Waals surface area contributed by atoms with Crippen LogP contribution >= 0.6 is 11.3 Å². The van der Waals surface area contributed by atoms with Gasteiger partial charge in [-0.05, 0) is 25.0 Å². The Labute approximate surface area is 147 Å². The lowest BCUT2D eigenvalue weighted by Gasteiger charge is -2.43. The number of fused-ring (bicyclic) bond motifs is 1. The van der Waals surface area contributed by atoms with E-state index in [1.165, 1.54) is 25.7 Å². The molecule has 2 aliphatic rings. The van der Waals surface area contributed by atoms with Gasteiger partial charge in [-0.1, -0.05) is 31.0 Å². The van der Waals surface area contributed by atoms with Crippen LogP contribution in [0.5, 0.6) is 5.75 Å². The number of morpholine rings is 1.